The Balaban J connectivity index is 2.03. The van der Waals surface area contributed by atoms with Crippen molar-refractivity contribution in [3.8, 4) is 0 Å². The molecular weight excluding hydrogens is 334 g/mol. The molecule has 1 aromatic heterocycles. The third-order valence-electron chi connectivity index (χ3n) is 2.72. The highest BCUT2D eigenvalue weighted by Gasteiger charge is 2.07. The van der Waals surface area contributed by atoms with Crippen LogP contribution in [-0.4, -0.2) is 31.2 Å². The number of pyridine rings is 1. The van der Waals surface area contributed by atoms with Crippen molar-refractivity contribution in [2.24, 2.45) is 0 Å². The van der Waals surface area contributed by atoms with Gasteiger partial charge in [0.05, 0.1) is 6.61 Å². The van der Waals surface area contributed by atoms with Crippen LogP contribution in [0.3, 0.4) is 0 Å². The Labute approximate surface area is 131 Å². The van der Waals surface area contributed by atoms with Gasteiger partial charge in [0.2, 0.25) is 0 Å². The summed E-state index contributed by atoms with van der Waals surface area (Å²) in [4.78, 5) is 16.0. The van der Waals surface area contributed by atoms with Gasteiger partial charge in [-0.1, -0.05) is 15.9 Å². The molecule has 0 aliphatic carbocycles. The van der Waals surface area contributed by atoms with Crippen molar-refractivity contribution in [2.75, 3.05) is 25.6 Å². The molecule has 0 unspecified atom stereocenters. The van der Waals surface area contributed by atoms with Crippen LogP contribution in [0.5, 0.6) is 0 Å². The lowest BCUT2D eigenvalue weighted by molar-refractivity contribution is 0.0932. The van der Waals surface area contributed by atoms with Crippen LogP contribution in [0.2, 0.25) is 0 Å². The van der Waals surface area contributed by atoms with Gasteiger partial charge in [-0.15, -0.1) is 0 Å². The number of ether oxygens (including phenoxy) is 1. The van der Waals surface area contributed by atoms with Crippen LogP contribution in [0.25, 0.3) is 0 Å². The van der Waals surface area contributed by atoms with Crippen LogP contribution >= 0.6 is 15.9 Å². The summed E-state index contributed by atoms with van der Waals surface area (Å²) in [6.45, 7) is 0.934. The number of halogens is 1. The van der Waals surface area contributed by atoms with Crippen molar-refractivity contribution >= 4 is 33.2 Å². The number of amides is 1. The Kier molecular flexibility index (Phi) is 5.71. The van der Waals surface area contributed by atoms with E-state index in [0.29, 0.717) is 18.8 Å². The first-order chi connectivity index (χ1) is 10.2. The van der Waals surface area contributed by atoms with Crippen LogP contribution in [0.4, 0.5) is 11.4 Å². The molecule has 2 N–H and O–H groups in total. The molecular formula is C15H16BrN3O2. The first-order valence-corrected chi connectivity index (χ1v) is 7.24. The van der Waals surface area contributed by atoms with Crippen molar-refractivity contribution in [1.29, 1.82) is 0 Å². The quantitative estimate of drug-likeness (QED) is 0.787. The van der Waals surface area contributed by atoms with E-state index in [1.165, 1.54) is 0 Å². The fraction of sp³-hybridized carbons (Fsp3) is 0.200. The van der Waals surface area contributed by atoms with E-state index >= 15 is 0 Å². The van der Waals surface area contributed by atoms with E-state index in [2.05, 4.69) is 31.5 Å². The minimum absolute atomic E-state index is 0.216. The summed E-state index contributed by atoms with van der Waals surface area (Å²) in [5, 5.41) is 5.97. The molecule has 110 valence electrons. The topological polar surface area (TPSA) is 63.2 Å². The lowest BCUT2D eigenvalue weighted by atomic mass is 10.2. The van der Waals surface area contributed by atoms with Gasteiger partial charge in [-0.05, 0) is 36.4 Å². The van der Waals surface area contributed by atoms with E-state index < -0.39 is 0 Å². The number of anilines is 2. The van der Waals surface area contributed by atoms with E-state index in [1.807, 2.05) is 30.3 Å². The number of methoxy groups -OCH3 is 1. The van der Waals surface area contributed by atoms with Crippen LogP contribution < -0.4 is 10.6 Å². The number of nitrogens with zero attached hydrogens (tertiary/aromatic N) is 1. The molecule has 0 saturated carbocycles. The highest BCUT2D eigenvalue weighted by atomic mass is 79.9. The zero-order valence-corrected chi connectivity index (χ0v) is 13.2. The minimum atomic E-state index is -0.216. The van der Waals surface area contributed by atoms with Gasteiger partial charge in [0, 0.05) is 35.7 Å². The number of carbonyl (C=O) groups excluding carboxylic acids is 1. The highest BCUT2D eigenvalue weighted by Crippen LogP contribution is 2.19. The Morgan fingerprint density at radius 2 is 2.00 bits per heavy atom. The van der Waals surface area contributed by atoms with Crippen molar-refractivity contribution in [3.05, 3.63) is 52.8 Å². The van der Waals surface area contributed by atoms with E-state index in [-0.39, 0.29) is 5.91 Å². The summed E-state index contributed by atoms with van der Waals surface area (Å²) in [5.74, 6) is -0.216. The first-order valence-electron chi connectivity index (χ1n) is 6.45. The maximum Gasteiger partial charge on any atom is 0.270 e. The number of hydrogen-bond donors (Lipinski definition) is 2. The van der Waals surface area contributed by atoms with Gasteiger partial charge in [-0.25, -0.2) is 0 Å². The molecule has 1 aromatic carbocycles. The number of benzene rings is 1. The average Bonchev–Trinajstić information content (AvgIpc) is 2.50. The summed E-state index contributed by atoms with van der Waals surface area (Å²) in [5.41, 5.74) is 2.12. The SMILES string of the molecule is COCCNC(=O)c1cc(Nc2ccc(Br)cc2)ccn1. The summed E-state index contributed by atoms with van der Waals surface area (Å²) >= 11 is 3.39. The molecule has 0 fully saturated rings. The van der Waals surface area contributed by atoms with Gasteiger partial charge in [-0.3, -0.25) is 9.78 Å². The molecule has 1 heterocycles. The van der Waals surface area contributed by atoms with Gasteiger partial charge in [-0.2, -0.15) is 0 Å². The first kappa shape index (κ1) is 15.5. The van der Waals surface area contributed by atoms with Crippen molar-refractivity contribution in [1.82, 2.24) is 10.3 Å². The molecule has 5 nitrogen and oxygen atoms in total. The molecule has 6 heteroatoms. The fourth-order valence-corrected chi connectivity index (χ4v) is 1.95. The lowest BCUT2D eigenvalue weighted by Gasteiger charge is -2.08. The van der Waals surface area contributed by atoms with E-state index in [4.69, 9.17) is 4.74 Å². The second-order valence-electron chi connectivity index (χ2n) is 4.31. The van der Waals surface area contributed by atoms with E-state index in [0.717, 1.165) is 15.8 Å². The van der Waals surface area contributed by atoms with Gasteiger partial charge in [0.25, 0.3) is 5.91 Å². The zero-order chi connectivity index (χ0) is 15.1. The average molecular weight is 350 g/mol. The number of carbonyl (C=O) groups is 1. The second-order valence-corrected chi connectivity index (χ2v) is 5.23. The van der Waals surface area contributed by atoms with E-state index in [9.17, 15) is 4.79 Å². The standard InChI is InChI=1S/C15H16BrN3O2/c1-21-9-8-18-15(20)14-10-13(6-7-17-14)19-12-4-2-11(16)3-5-12/h2-7,10H,8-9H2,1H3,(H,17,19)(H,18,20). The smallest absolute Gasteiger partial charge is 0.270 e. The third-order valence-corrected chi connectivity index (χ3v) is 3.25. The Bertz CT molecular complexity index is 602. The molecule has 1 amide bonds. The molecule has 0 saturated heterocycles. The van der Waals surface area contributed by atoms with Gasteiger partial charge < -0.3 is 15.4 Å². The van der Waals surface area contributed by atoms with E-state index in [1.54, 1.807) is 19.4 Å². The Morgan fingerprint density at radius 3 is 2.71 bits per heavy atom. The van der Waals surface area contributed by atoms with Gasteiger partial charge >= 0.3 is 0 Å². The maximum absolute atomic E-state index is 11.9. The fourth-order valence-electron chi connectivity index (χ4n) is 1.69. The summed E-state index contributed by atoms with van der Waals surface area (Å²) < 4.78 is 5.90. The molecule has 0 atom stereocenters. The van der Waals surface area contributed by atoms with Gasteiger partial charge in [0.1, 0.15) is 5.69 Å². The molecule has 0 bridgehead atoms. The number of aromatic nitrogens is 1. The molecule has 0 aliphatic rings. The normalized spacial score (nSPS) is 10.2. The number of hydrogen-bond acceptors (Lipinski definition) is 4. The maximum atomic E-state index is 11.9. The monoisotopic (exact) mass is 349 g/mol. The molecule has 21 heavy (non-hydrogen) atoms. The molecule has 0 radical (unpaired) electrons. The van der Waals surface area contributed by atoms with Crippen LogP contribution in [0.15, 0.2) is 47.1 Å². The molecule has 2 rings (SSSR count). The molecule has 0 spiro atoms. The van der Waals surface area contributed by atoms with Crippen molar-refractivity contribution in [3.63, 3.8) is 0 Å². The van der Waals surface area contributed by atoms with Gasteiger partial charge in [0.15, 0.2) is 0 Å². The van der Waals surface area contributed by atoms with Crippen molar-refractivity contribution in [2.45, 2.75) is 0 Å². The predicted octanol–water partition coefficient (Wildman–Crippen LogP) is 2.96. The van der Waals surface area contributed by atoms with Crippen LogP contribution in [0, 0.1) is 0 Å². The third kappa shape index (κ3) is 4.84. The number of rotatable bonds is 6. The largest absolute Gasteiger partial charge is 0.383 e. The van der Waals surface area contributed by atoms with Crippen molar-refractivity contribution < 1.29 is 9.53 Å². The summed E-state index contributed by atoms with van der Waals surface area (Å²) in [7, 11) is 1.59. The predicted molar refractivity (Wildman–Crippen MR) is 85.9 cm³/mol. The zero-order valence-electron chi connectivity index (χ0n) is 11.6. The Hall–Kier alpha value is -1.92. The molecule has 2 aromatic rings. The Morgan fingerprint density at radius 1 is 1.24 bits per heavy atom. The highest BCUT2D eigenvalue weighted by molar-refractivity contribution is 9.10. The number of nitrogens with one attached hydrogen (secondary N) is 2. The lowest BCUT2D eigenvalue weighted by Crippen LogP contribution is -2.27. The minimum Gasteiger partial charge on any atom is -0.383 e. The summed E-state index contributed by atoms with van der Waals surface area (Å²) in [6.07, 6.45) is 1.60. The second kappa shape index (κ2) is 7.75. The van der Waals surface area contributed by atoms with Crippen LogP contribution in [0.1, 0.15) is 10.5 Å². The summed E-state index contributed by atoms with van der Waals surface area (Å²) in [6, 6.07) is 11.3. The molecule has 0 aliphatic heterocycles. The van der Waals surface area contributed by atoms with Crippen LogP contribution in [-0.2, 0) is 4.74 Å².